The standard InChI is InChI=1S/C13H11F3N2O2S/c1-7(8-5-3-2-4-6-8)17-12-18-10(13(14,15)16)9(21-12)11(19)20/h2-7H,1H3,(H,17,18)(H,19,20)/t7-/m1/s1. The van der Waals surface area contributed by atoms with Gasteiger partial charge in [-0.2, -0.15) is 13.2 Å². The van der Waals surface area contributed by atoms with Gasteiger partial charge >= 0.3 is 12.1 Å². The molecule has 2 N–H and O–H groups in total. The Kier molecular flexibility index (Phi) is 4.17. The second-order valence-corrected chi connectivity index (χ2v) is 5.28. The number of nitrogens with one attached hydrogen (secondary N) is 1. The van der Waals surface area contributed by atoms with E-state index in [1.807, 2.05) is 18.2 Å². The van der Waals surface area contributed by atoms with Crippen molar-refractivity contribution in [2.75, 3.05) is 5.32 Å². The molecular formula is C13H11F3N2O2S. The molecule has 2 aromatic rings. The molecule has 0 aliphatic carbocycles. The molecule has 1 atom stereocenters. The third-order valence-corrected chi connectivity index (χ3v) is 3.70. The molecule has 0 spiro atoms. The Morgan fingerprint density at radius 1 is 1.33 bits per heavy atom. The van der Waals surface area contributed by atoms with Gasteiger partial charge in [0.25, 0.3) is 0 Å². The lowest BCUT2D eigenvalue weighted by atomic mass is 10.1. The first-order chi connectivity index (χ1) is 9.79. The molecule has 1 aromatic heterocycles. The largest absolute Gasteiger partial charge is 0.477 e. The summed E-state index contributed by atoms with van der Waals surface area (Å²) in [5.74, 6) is -1.64. The lowest BCUT2D eigenvalue weighted by Crippen LogP contribution is -2.12. The van der Waals surface area contributed by atoms with Gasteiger partial charge in [-0.3, -0.25) is 0 Å². The first-order valence-electron chi connectivity index (χ1n) is 5.92. The van der Waals surface area contributed by atoms with E-state index in [2.05, 4.69) is 10.3 Å². The third kappa shape index (κ3) is 3.52. The summed E-state index contributed by atoms with van der Waals surface area (Å²) in [5, 5.41) is 11.6. The highest BCUT2D eigenvalue weighted by Crippen LogP contribution is 2.37. The number of alkyl halides is 3. The second-order valence-electron chi connectivity index (χ2n) is 4.28. The zero-order chi connectivity index (χ0) is 15.6. The van der Waals surface area contributed by atoms with E-state index in [0.717, 1.165) is 5.56 Å². The fraction of sp³-hybridized carbons (Fsp3) is 0.231. The molecule has 2 rings (SSSR count). The molecule has 1 aromatic carbocycles. The van der Waals surface area contributed by atoms with E-state index in [1.54, 1.807) is 19.1 Å². The van der Waals surface area contributed by atoms with Gasteiger partial charge < -0.3 is 10.4 Å². The number of halogens is 3. The number of nitrogens with zero attached hydrogens (tertiary/aromatic N) is 1. The summed E-state index contributed by atoms with van der Waals surface area (Å²) in [7, 11) is 0. The average molecular weight is 316 g/mol. The van der Waals surface area contributed by atoms with Crippen molar-refractivity contribution in [1.29, 1.82) is 0 Å². The van der Waals surface area contributed by atoms with Gasteiger partial charge in [0.15, 0.2) is 10.8 Å². The molecule has 0 bridgehead atoms. The Bertz CT molecular complexity index is 641. The number of rotatable bonds is 4. The summed E-state index contributed by atoms with van der Waals surface area (Å²) < 4.78 is 38.2. The fourth-order valence-electron chi connectivity index (χ4n) is 1.73. The normalized spacial score (nSPS) is 13.0. The predicted octanol–water partition coefficient (Wildman–Crippen LogP) is 4.03. The van der Waals surface area contributed by atoms with Gasteiger partial charge in [0.05, 0.1) is 6.04 Å². The molecule has 0 saturated carbocycles. The third-order valence-electron chi connectivity index (χ3n) is 2.73. The van der Waals surface area contributed by atoms with Gasteiger partial charge in [-0.25, -0.2) is 9.78 Å². The van der Waals surface area contributed by atoms with Crippen LogP contribution in [0.4, 0.5) is 18.3 Å². The summed E-state index contributed by atoms with van der Waals surface area (Å²) in [6.07, 6.45) is -4.79. The molecule has 112 valence electrons. The zero-order valence-electron chi connectivity index (χ0n) is 10.8. The number of carboxylic acids is 1. The van der Waals surface area contributed by atoms with Crippen LogP contribution in [-0.4, -0.2) is 16.1 Å². The minimum absolute atomic E-state index is 0.0731. The Labute approximate surface area is 122 Å². The van der Waals surface area contributed by atoms with Crippen molar-refractivity contribution in [3.05, 3.63) is 46.5 Å². The number of thiazole rings is 1. The molecule has 0 fully saturated rings. The van der Waals surface area contributed by atoms with E-state index in [9.17, 15) is 18.0 Å². The molecule has 21 heavy (non-hydrogen) atoms. The summed E-state index contributed by atoms with van der Waals surface area (Å²) in [5.41, 5.74) is -0.513. The number of anilines is 1. The van der Waals surface area contributed by atoms with E-state index in [4.69, 9.17) is 5.11 Å². The van der Waals surface area contributed by atoms with E-state index in [0.29, 0.717) is 11.3 Å². The minimum atomic E-state index is -4.79. The Morgan fingerprint density at radius 3 is 2.43 bits per heavy atom. The van der Waals surface area contributed by atoms with Crippen LogP contribution in [0.1, 0.15) is 33.9 Å². The van der Waals surface area contributed by atoms with Crippen LogP contribution in [0.5, 0.6) is 0 Å². The molecule has 0 saturated heterocycles. The van der Waals surface area contributed by atoms with E-state index < -0.39 is 22.7 Å². The maximum absolute atomic E-state index is 12.7. The lowest BCUT2D eigenvalue weighted by Gasteiger charge is -2.12. The monoisotopic (exact) mass is 316 g/mol. The van der Waals surface area contributed by atoms with Crippen molar-refractivity contribution in [2.24, 2.45) is 0 Å². The summed E-state index contributed by atoms with van der Waals surface area (Å²) >= 11 is 0.476. The first kappa shape index (κ1) is 15.3. The van der Waals surface area contributed by atoms with Crippen molar-refractivity contribution < 1.29 is 23.1 Å². The average Bonchev–Trinajstić information content (AvgIpc) is 2.84. The molecule has 0 aliphatic heterocycles. The molecule has 8 heteroatoms. The topological polar surface area (TPSA) is 62.2 Å². The van der Waals surface area contributed by atoms with Crippen molar-refractivity contribution in [1.82, 2.24) is 4.98 Å². The van der Waals surface area contributed by atoms with Crippen molar-refractivity contribution in [2.45, 2.75) is 19.1 Å². The lowest BCUT2D eigenvalue weighted by molar-refractivity contribution is -0.141. The van der Waals surface area contributed by atoms with Crippen LogP contribution in [0, 0.1) is 0 Å². The van der Waals surface area contributed by atoms with Gasteiger partial charge in [0, 0.05) is 0 Å². The van der Waals surface area contributed by atoms with Gasteiger partial charge in [0.2, 0.25) is 0 Å². The highest BCUT2D eigenvalue weighted by Gasteiger charge is 2.39. The van der Waals surface area contributed by atoms with Crippen molar-refractivity contribution in [3.8, 4) is 0 Å². The minimum Gasteiger partial charge on any atom is -0.477 e. The number of hydrogen-bond acceptors (Lipinski definition) is 4. The first-order valence-corrected chi connectivity index (χ1v) is 6.73. The van der Waals surface area contributed by atoms with Crippen LogP contribution in [-0.2, 0) is 6.18 Å². The smallest absolute Gasteiger partial charge is 0.435 e. The van der Waals surface area contributed by atoms with Crippen LogP contribution in [0.2, 0.25) is 0 Å². The Hall–Kier alpha value is -2.09. The molecule has 0 aliphatic rings. The molecule has 1 heterocycles. The summed E-state index contributed by atoms with van der Waals surface area (Å²) in [4.78, 5) is 13.4. The summed E-state index contributed by atoms with van der Waals surface area (Å²) in [6.45, 7) is 1.75. The Morgan fingerprint density at radius 2 is 1.95 bits per heavy atom. The van der Waals surface area contributed by atoms with Gasteiger partial charge in [-0.05, 0) is 12.5 Å². The van der Waals surface area contributed by atoms with Gasteiger partial charge in [0.1, 0.15) is 4.88 Å². The number of carbonyl (C=O) groups is 1. The van der Waals surface area contributed by atoms with Crippen LogP contribution >= 0.6 is 11.3 Å². The van der Waals surface area contributed by atoms with Crippen molar-refractivity contribution >= 4 is 22.4 Å². The SMILES string of the molecule is C[C@@H](Nc1nc(C(F)(F)F)c(C(=O)O)s1)c1ccccc1. The molecule has 0 radical (unpaired) electrons. The number of benzene rings is 1. The fourth-order valence-corrected chi connectivity index (χ4v) is 2.64. The maximum Gasteiger partial charge on any atom is 0.435 e. The number of hydrogen-bond donors (Lipinski definition) is 2. The second kappa shape index (κ2) is 5.72. The van der Waals surface area contributed by atoms with Gasteiger partial charge in [-0.1, -0.05) is 41.7 Å². The van der Waals surface area contributed by atoms with Crippen LogP contribution in [0.25, 0.3) is 0 Å². The van der Waals surface area contributed by atoms with E-state index in [1.165, 1.54) is 0 Å². The van der Waals surface area contributed by atoms with Crippen molar-refractivity contribution in [3.63, 3.8) is 0 Å². The molecule has 0 amide bonds. The van der Waals surface area contributed by atoms with Crippen LogP contribution in [0.15, 0.2) is 30.3 Å². The van der Waals surface area contributed by atoms with Crippen LogP contribution < -0.4 is 5.32 Å². The highest BCUT2D eigenvalue weighted by atomic mass is 32.1. The predicted molar refractivity (Wildman–Crippen MR) is 72.6 cm³/mol. The molecular weight excluding hydrogens is 305 g/mol. The summed E-state index contributed by atoms with van der Waals surface area (Å²) in [6, 6.07) is 8.77. The van der Waals surface area contributed by atoms with Crippen LogP contribution in [0.3, 0.4) is 0 Å². The van der Waals surface area contributed by atoms with Gasteiger partial charge in [-0.15, -0.1) is 0 Å². The number of aromatic nitrogens is 1. The number of carboxylic acid groups (broad SMARTS) is 1. The van der Waals surface area contributed by atoms with E-state index in [-0.39, 0.29) is 11.2 Å². The quantitative estimate of drug-likeness (QED) is 0.894. The molecule has 4 nitrogen and oxygen atoms in total. The molecule has 0 unspecified atom stereocenters. The zero-order valence-corrected chi connectivity index (χ0v) is 11.6. The Balaban J connectivity index is 2.27. The number of aromatic carboxylic acids is 1. The highest BCUT2D eigenvalue weighted by molar-refractivity contribution is 7.17. The maximum atomic E-state index is 12.7. The van der Waals surface area contributed by atoms with E-state index >= 15 is 0 Å².